The van der Waals surface area contributed by atoms with Gasteiger partial charge in [0.05, 0.1) is 12.7 Å². The van der Waals surface area contributed by atoms with Gasteiger partial charge in [-0.2, -0.15) is 0 Å². The van der Waals surface area contributed by atoms with Crippen molar-refractivity contribution in [2.24, 2.45) is 0 Å². The topological polar surface area (TPSA) is 58.6 Å². The Bertz CT molecular complexity index is 398. The van der Waals surface area contributed by atoms with Crippen LogP contribution in [0.3, 0.4) is 0 Å². The van der Waals surface area contributed by atoms with E-state index in [0.29, 0.717) is 32.5 Å². The summed E-state index contributed by atoms with van der Waals surface area (Å²) in [5, 5.41) is 13.1. The highest BCUT2D eigenvalue weighted by Gasteiger charge is 2.07. The van der Waals surface area contributed by atoms with E-state index in [-0.39, 0.29) is 5.97 Å². The van der Waals surface area contributed by atoms with Gasteiger partial charge in [-0.1, -0.05) is 28.1 Å². The van der Waals surface area contributed by atoms with Crippen molar-refractivity contribution in [3.63, 3.8) is 0 Å². The van der Waals surface area contributed by atoms with Gasteiger partial charge in [-0.05, 0) is 37.6 Å². The molecule has 1 unspecified atom stereocenters. The van der Waals surface area contributed by atoms with Crippen LogP contribution in [-0.2, 0) is 9.53 Å². The number of aliphatic hydroxyl groups is 1. The fourth-order valence-electron chi connectivity index (χ4n) is 1.66. The molecule has 1 atom stereocenters. The van der Waals surface area contributed by atoms with E-state index >= 15 is 0 Å². The molecule has 1 rings (SSSR count). The molecule has 0 radical (unpaired) electrons. The quantitative estimate of drug-likeness (QED) is 0.568. The summed E-state index contributed by atoms with van der Waals surface area (Å²) in [5.41, 5.74) is 0.868. The second-order valence-electron chi connectivity index (χ2n) is 4.18. The van der Waals surface area contributed by atoms with Gasteiger partial charge in [-0.15, -0.1) is 0 Å². The minimum absolute atomic E-state index is 0.170. The van der Waals surface area contributed by atoms with Crippen LogP contribution in [0, 0.1) is 0 Å². The first kappa shape index (κ1) is 16.1. The zero-order valence-electron chi connectivity index (χ0n) is 11.1. The lowest BCUT2D eigenvalue weighted by Crippen LogP contribution is -2.23. The van der Waals surface area contributed by atoms with Crippen LogP contribution < -0.4 is 5.32 Å². The van der Waals surface area contributed by atoms with Crippen LogP contribution >= 0.6 is 15.9 Å². The van der Waals surface area contributed by atoms with Crippen molar-refractivity contribution >= 4 is 21.9 Å². The average Bonchev–Trinajstić information content (AvgIpc) is 2.38. The van der Waals surface area contributed by atoms with E-state index in [1.54, 1.807) is 6.92 Å². The highest BCUT2D eigenvalue weighted by molar-refractivity contribution is 9.10. The Morgan fingerprint density at radius 1 is 1.53 bits per heavy atom. The Morgan fingerprint density at radius 2 is 2.32 bits per heavy atom. The van der Waals surface area contributed by atoms with Crippen molar-refractivity contribution in [1.29, 1.82) is 0 Å². The van der Waals surface area contributed by atoms with Crippen molar-refractivity contribution < 1.29 is 14.6 Å². The molecular formula is C14H20BrNO3. The summed E-state index contributed by atoms with van der Waals surface area (Å²) in [6, 6.07) is 7.59. The predicted molar refractivity (Wildman–Crippen MR) is 77.8 cm³/mol. The number of carbonyl (C=O) groups excluding carboxylic acids is 1. The van der Waals surface area contributed by atoms with Crippen LogP contribution in [0.25, 0.3) is 0 Å². The molecule has 0 saturated carbocycles. The third-order valence-electron chi connectivity index (χ3n) is 2.61. The van der Waals surface area contributed by atoms with Crippen molar-refractivity contribution in [3.05, 3.63) is 34.3 Å². The van der Waals surface area contributed by atoms with Crippen LogP contribution in [0.4, 0.5) is 0 Å². The predicted octanol–water partition coefficient (Wildman–Crippen LogP) is 2.42. The number of hydrogen-bond donors (Lipinski definition) is 2. The van der Waals surface area contributed by atoms with Gasteiger partial charge >= 0.3 is 5.97 Å². The van der Waals surface area contributed by atoms with Crippen LogP contribution in [0.1, 0.15) is 31.4 Å². The molecule has 1 aromatic rings. The number of aliphatic hydroxyl groups excluding tert-OH is 1. The Balaban J connectivity index is 2.17. The van der Waals surface area contributed by atoms with Gasteiger partial charge < -0.3 is 15.2 Å². The zero-order valence-corrected chi connectivity index (χ0v) is 12.6. The van der Waals surface area contributed by atoms with E-state index in [2.05, 4.69) is 21.2 Å². The number of benzene rings is 1. The fraction of sp³-hybridized carbons (Fsp3) is 0.500. The van der Waals surface area contributed by atoms with Gasteiger partial charge in [0.1, 0.15) is 0 Å². The summed E-state index contributed by atoms with van der Waals surface area (Å²) < 4.78 is 5.78. The highest BCUT2D eigenvalue weighted by atomic mass is 79.9. The smallest absolute Gasteiger partial charge is 0.305 e. The summed E-state index contributed by atoms with van der Waals surface area (Å²) in [6.07, 6.45) is 0.581. The molecular weight excluding hydrogens is 310 g/mol. The molecule has 0 bridgehead atoms. The Labute approximate surface area is 122 Å². The van der Waals surface area contributed by atoms with Crippen molar-refractivity contribution in [2.75, 3.05) is 19.7 Å². The van der Waals surface area contributed by atoms with E-state index in [1.807, 2.05) is 24.3 Å². The normalized spacial score (nSPS) is 12.2. The summed E-state index contributed by atoms with van der Waals surface area (Å²) >= 11 is 3.37. The second kappa shape index (κ2) is 9.07. The van der Waals surface area contributed by atoms with Gasteiger partial charge in [-0.3, -0.25) is 4.79 Å². The van der Waals surface area contributed by atoms with Gasteiger partial charge in [0, 0.05) is 17.4 Å². The molecule has 0 saturated heterocycles. The maximum absolute atomic E-state index is 11.1. The maximum atomic E-state index is 11.1. The first-order valence-corrected chi connectivity index (χ1v) is 7.22. The lowest BCUT2D eigenvalue weighted by molar-refractivity contribution is -0.143. The molecule has 19 heavy (non-hydrogen) atoms. The average molecular weight is 330 g/mol. The van der Waals surface area contributed by atoms with E-state index in [1.165, 1.54) is 0 Å². The van der Waals surface area contributed by atoms with Crippen LogP contribution in [-0.4, -0.2) is 30.8 Å². The zero-order chi connectivity index (χ0) is 14.1. The van der Waals surface area contributed by atoms with E-state index in [0.717, 1.165) is 10.0 Å². The van der Waals surface area contributed by atoms with E-state index in [4.69, 9.17) is 4.74 Å². The lowest BCUT2D eigenvalue weighted by Gasteiger charge is -2.12. The molecule has 4 nitrogen and oxygen atoms in total. The second-order valence-corrected chi connectivity index (χ2v) is 5.10. The van der Waals surface area contributed by atoms with Crippen molar-refractivity contribution in [3.8, 4) is 0 Å². The fourth-order valence-corrected chi connectivity index (χ4v) is 2.08. The molecule has 0 aliphatic rings. The Morgan fingerprint density at radius 3 is 3.00 bits per heavy atom. The summed E-state index contributed by atoms with van der Waals surface area (Å²) in [5.74, 6) is -0.170. The monoisotopic (exact) mass is 329 g/mol. The molecule has 106 valence electrons. The third kappa shape index (κ3) is 6.71. The largest absolute Gasteiger partial charge is 0.466 e. The van der Waals surface area contributed by atoms with E-state index in [9.17, 15) is 9.90 Å². The standard InChI is InChI=1S/C14H20BrNO3/c1-2-19-14(18)7-4-8-16-10-13(17)11-5-3-6-12(15)9-11/h3,5-6,9,13,16-17H,2,4,7-8,10H2,1H3. The lowest BCUT2D eigenvalue weighted by atomic mass is 10.1. The number of ether oxygens (including phenoxy) is 1. The molecule has 1 aromatic carbocycles. The van der Waals surface area contributed by atoms with Gasteiger partial charge in [0.2, 0.25) is 0 Å². The maximum Gasteiger partial charge on any atom is 0.305 e. The van der Waals surface area contributed by atoms with Gasteiger partial charge in [0.15, 0.2) is 0 Å². The molecule has 0 fully saturated rings. The van der Waals surface area contributed by atoms with Crippen LogP contribution in [0.15, 0.2) is 28.7 Å². The van der Waals surface area contributed by atoms with Gasteiger partial charge in [0.25, 0.3) is 0 Å². The highest BCUT2D eigenvalue weighted by Crippen LogP contribution is 2.17. The number of halogens is 1. The molecule has 0 aliphatic carbocycles. The van der Waals surface area contributed by atoms with Crippen LogP contribution in [0.2, 0.25) is 0 Å². The number of esters is 1. The van der Waals surface area contributed by atoms with E-state index < -0.39 is 6.10 Å². The summed E-state index contributed by atoms with van der Waals surface area (Å²) in [7, 11) is 0. The summed E-state index contributed by atoms with van der Waals surface area (Å²) in [4.78, 5) is 11.1. The Kier molecular flexibility index (Phi) is 7.70. The molecule has 0 heterocycles. The first-order chi connectivity index (χ1) is 9.13. The van der Waals surface area contributed by atoms with Crippen molar-refractivity contribution in [2.45, 2.75) is 25.9 Å². The van der Waals surface area contributed by atoms with Gasteiger partial charge in [-0.25, -0.2) is 0 Å². The SMILES string of the molecule is CCOC(=O)CCCNCC(O)c1cccc(Br)c1. The Hall–Kier alpha value is -0.910. The molecule has 0 spiro atoms. The minimum atomic E-state index is -0.542. The number of carbonyl (C=O) groups is 1. The van der Waals surface area contributed by atoms with Crippen molar-refractivity contribution in [1.82, 2.24) is 5.32 Å². The molecule has 0 aliphatic heterocycles. The molecule has 0 aromatic heterocycles. The summed E-state index contributed by atoms with van der Waals surface area (Å²) in [6.45, 7) is 3.38. The number of hydrogen-bond acceptors (Lipinski definition) is 4. The number of nitrogens with one attached hydrogen (secondary N) is 1. The molecule has 5 heteroatoms. The van der Waals surface area contributed by atoms with Crippen LogP contribution in [0.5, 0.6) is 0 Å². The molecule has 2 N–H and O–H groups in total. The first-order valence-electron chi connectivity index (χ1n) is 6.43. The number of rotatable bonds is 8. The molecule has 0 amide bonds. The minimum Gasteiger partial charge on any atom is -0.466 e. The third-order valence-corrected chi connectivity index (χ3v) is 3.10.